The predicted octanol–water partition coefficient (Wildman–Crippen LogP) is 1.48. The minimum atomic E-state index is 0.0311. The van der Waals surface area contributed by atoms with Crippen LogP contribution in [-0.2, 0) is 9.59 Å². The van der Waals surface area contributed by atoms with Gasteiger partial charge in [0.15, 0.2) is 0 Å². The lowest BCUT2D eigenvalue weighted by Gasteiger charge is -2.30. The van der Waals surface area contributed by atoms with E-state index in [1.54, 1.807) is 9.80 Å². The predicted molar refractivity (Wildman–Crippen MR) is 85.0 cm³/mol. The summed E-state index contributed by atoms with van der Waals surface area (Å²) in [6.07, 6.45) is 4.74. The lowest BCUT2D eigenvalue weighted by atomic mass is 9.86. The fourth-order valence-corrected chi connectivity index (χ4v) is 2.99. The van der Waals surface area contributed by atoms with Gasteiger partial charge in [0.25, 0.3) is 0 Å². The molecule has 0 aromatic carbocycles. The van der Waals surface area contributed by atoms with Crippen LogP contribution in [0.1, 0.15) is 46.5 Å². The Morgan fingerprint density at radius 1 is 1.10 bits per heavy atom. The largest absolute Gasteiger partial charge is 0.352 e. The van der Waals surface area contributed by atoms with Crippen LogP contribution in [-0.4, -0.2) is 60.9 Å². The Labute approximate surface area is 129 Å². The summed E-state index contributed by atoms with van der Waals surface area (Å²) in [6.45, 7) is 8.17. The molecule has 0 aromatic rings. The first kappa shape index (κ1) is 18.0. The van der Waals surface area contributed by atoms with Gasteiger partial charge in [-0.3, -0.25) is 14.5 Å². The van der Waals surface area contributed by atoms with Gasteiger partial charge in [0.05, 0.1) is 13.1 Å². The highest BCUT2D eigenvalue weighted by Gasteiger charge is 2.23. The number of hydrogen-bond donors (Lipinski definition) is 1. The van der Waals surface area contributed by atoms with Crippen LogP contribution in [0.3, 0.4) is 0 Å². The summed E-state index contributed by atoms with van der Waals surface area (Å²) in [5, 5.41) is 3.12. The average Bonchev–Trinajstić information content (AvgIpc) is 2.42. The summed E-state index contributed by atoms with van der Waals surface area (Å²) in [7, 11) is 1.82. The number of nitrogens with one attached hydrogen (secondary N) is 1. The Kier molecular flexibility index (Phi) is 7.72. The number of likely N-dealkylation sites (N-methyl/N-ethyl adjacent to an activating group) is 2. The van der Waals surface area contributed by atoms with Crippen molar-refractivity contribution in [2.24, 2.45) is 5.92 Å². The first-order chi connectivity index (χ1) is 9.97. The smallest absolute Gasteiger partial charge is 0.236 e. The highest BCUT2D eigenvalue weighted by molar-refractivity contribution is 5.81. The van der Waals surface area contributed by atoms with E-state index in [1.165, 1.54) is 19.3 Å². The molecule has 0 aromatic heterocycles. The van der Waals surface area contributed by atoms with Crippen LogP contribution in [0.4, 0.5) is 0 Å². The molecule has 1 fully saturated rings. The Balaban J connectivity index is 2.34. The summed E-state index contributed by atoms with van der Waals surface area (Å²) < 4.78 is 0. The molecule has 1 N–H and O–H groups in total. The number of rotatable bonds is 7. The van der Waals surface area contributed by atoms with Crippen LogP contribution < -0.4 is 5.32 Å². The molecule has 1 aliphatic rings. The second-order valence-corrected chi connectivity index (χ2v) is 6.17. The average molecular weight is 297 g/mol. The van der Waals surface area contributed by atoms with E-state index in [9.17, 15) is 9.59 Å². The molecule has 2 amide bonds. The number of carbonyl (C=O) groups is 2. The third-order valence-corrected chi connectivity index (χ3v) is 4.39. The molecule has 0 radical (unpaired) electrons. The normalized spacial score (nSPS) is 22.1. The molecule has 0 spiro atoms. The SMILES string of the molecule is CCN(CC)C(=O)CN(C)CC(=O)NC1CCCCC1C. The molecule has 1 saturated carbocycles. The molecule has 2 unspecified atom stereocenters. The van der Waals surface area contributed by atoms with E-state index < -0.39 is 0 Å². The van der Waals surface area contributed by atoms with Crippen molar-refractivity contribution in [3.8, 4) is 0 Å². The Hall–Kier alpha value is -1.10. The minimum absolute atomic E-state index is 0.0311. The molecule has 2 atom stereocenters. The highest BCUT2D eigenvalue weighted by atomic mass is 16.2. The monoisotopic (exact) mass is 297 g/mol. The van der Waals surface area contributed by atoms with E-state index in [0.29, 0.717) is 18.5 Å². The molecule has 21 heavy (non-hydrogen) atoms. The van der Waals surface area contributed by atoms with Crippen molar-refractivity contribution in [1.82, 2.24) is 15.1 Å². The zero-order valence-electron chi connectivity index (χ0n) is 14.0. The first-order valence-corrected chi connectivity index (χ1v) is 8.23. The number of hydrogen-bond acceptors (Lipinski definition) is 3. The van der Waals surface area contributed by atoms with E-state index in [4.69, 9.17) is 0 Å². The molecule has 1 aliphatic carbocycles. The summed E-state index contributed by atoms with van der Waals surface area (Å²) in [5.74, 6) is 0.676. The van der Waals surface area contributed by atoms with E-state index in [0.717, 1.165) is 19.5 Å². The summed E-state index contributed by atoms with van der Waals surface area (Å²) >= 11 is 0. The zero-order valence-corrected chi connectivity index (χ0v) is 14.0. The number of amides is 2. The molecule has 122 valence electrons. The number of nitrogens with zero attached hydrogens (tertiary/aromatic N) is 2. The van der Waals surface area contributed by atoms with Gasteiger partial charge in [-0.05, 0) is 39.7 Å². The van der Waals surface area contributed by atoms with Crippen LogP contribution in [0.25, 0.3) is 0 Å². The van der Waals surface area contributed by atoms with Gasteiger partial charge < -0.3 is 10.2 Å². The third kappa shape index (κ3) is 6.04. The topological polar surface area (TPSA) is 52.7 Å². The van der Waals surface area contributed by atoms with Crippen LogP contribution in [0, 0.1) is 5.92 Å². The molecule has 0 heterocycles. The highest BCUT2D eigenvalue weighted by Crippen LogP contribution is 2.23. The van der Waals surface area contributed by atoms with Gasteiger partial charge in [0.1, 0.15) is 0 Å². The maximum absolute atomic E-state index is 12.1. The number of carbonyl (C=O) groups excluding carboxylic acids is 2. The van der Waals surface area contributed by atoms with Gasteiger partial charge in [-0.1, -0.05) is 19.8 Å². The fourth-order valence-electron chi connectivity index (χ4n) is 2.99. The van der Waals surface area contributed by atoms with Crippen molar-refractivity contribution in [2.45, 2.75) is 52.5 Å². The van der Waals surface area contributed by atoms with Crippen molar-refractivity contribution in [1.29, 1.82) is 0 Å². The standard InChI is InChI=1S/C16H31N3O2/c1-5-19(6-2)16(21)12-18(4)11-15(20)17-14-10-8-7-9-13(14)3/h13-14H,5-12H2,1-4H3,(H,17,20). The molecular formula is C16H31N3O2. The molecule has 5 nitrogen and oxygen atoms in total. The van der Waals surface area contributed by atoms with Crippen molar-refractivity contribution in [2.75, 3.05) is 33.2 Å². The van der Waals surface area contributed by atoms with Crippen LogP contribution in [0.2, 0.25) is 0 Å². The van der Waals surface area contributed by atoms with E-state index in [1.807, 2.05) is 20.9 Å². The second kappa shape index (κ2) is 9.03. The van der Waals surface area contributed by atoms with E-state index in [-0.39, 0.29) is 18.4 Å². The molecule has 0 saturated heterocycles. The van der Waals surface area contributed by atoms with Crippen LogP contribution >= 0.6 is 0 Å². The molecule has 0 aliphatic heterocycles. The summed E-state index contributed by atoms with van der Waals surface area (Å²) in [4.78, 5) is 27.7. The van der Waals surface area contributed by atoms with Gasteiger partial charge in [0.2, 0.25) is 11.8 Å². The van der Waals surface area contributed by atoms with Crippen LogP contribution in [0.5, 0.6) is 0 Å². The summed E-state index contributed by atoms with van der Waals surface area (Å²) in [5.41, 5.74) is 0. The molecule has 5 heteroatoms. The maximum Gasteiger partial charge on any atom is 0.236 e. The van der Waals surface area contributed by atoms with Crippen LogP contribution in [0.15, 0.2) is 0 Å². The van der Waals surface area contributed by atoms with Gasteiger partial charge >= 0.3 is 0 Å². The Morgan fingerprint density at radius 3 is 2.29 bits per heavy atom. The first-order valence-electron chi connectivity index (χ1n) is 8.23. The van der Waals surface area contributed by atoms with Gasteiger partial charge in [-0.2, -0.15) is 0 Å². The van der Waals surface area contributed by atoms with E-state index in [2.05, 4.69) is 12.2 Å². The zero-order chi connectivity index (χ0) is 15.8. The Morgan fingerprint density at radius 2 is 1.71 bits per heavy atom. The second-order valence-electron chi connectivity index (χ2n) is 6.17. The van der Waals surface area contributed by atoms with Gasteiger partial charge in [-0.15, -0.1) is 0 Å². The lowest BCUT2D eigenvalue weighted by molar-refractivity contribution is -0.132. The minimum Gasteiger partial charge on any atom is -0.352 e. The lowest BCUT2D eigenvalue weighted by Crippen LogP contribution is -2.47. The quantitative estimate of drug-likeness (QED) is 0.774. The van der Waals surface area contributed by atoms with Crippen molar-refractivity contribution in [3.63, 3.8) is 0 Å². The third-order valence-electron chi connectivity index (χ3n) is 4.39. The van der Waals surface area contributed by atoms with Gasteiger partial charge in [0, 0.05) is 19.1 Å². The molecule has 1 rings (SSSR count). The van der Waals surface area contributed by atoms with Crippen molar-refractivity contribution >= 4 is 11.8 Å². The van der Waals surface area contributed by atoms with Crippen molar-refractivity contribution < 1.29 is 9.59 Å². The Bertz CT molecular complexity index is 342. The molecular weight excluding hydrogens is 266 g/mol. The fraction of sp³-hybridized carbons (Fsp3) is 0.875. The maximum atomic E-state index is 12.1. The van der Waals surface area contributed by atoms with E-state index >= 15 is 0 Å². The summed E-state index contributed by atoms with van der Waals surface area (Å²) in [6, 6.07) is 0.304. The van der Waals surface area contributed by atoms with Gasteiger partial charge in [-0.25, -0.2) is 0 Å². The molecule has 0 bridgehead atoms. The van der Waals surface area contributed by atoms with Crippen molar-refractivity contribution in [3.05, 3.63) is 0 Å².